The van der Waals surface area contributed by atoms with E-state index in [1.165, 1.54) is 29.3 Å². The maximum Gasteiger partial charge on any atom is 0.405 e. The van der Waals surface area contributed by atoms with Crippen LogP contribution in [0.15, 0.2) is 16.7 Å². The van der Waals surface area contributed by atoms with Gasteiger partial charge in [0.05, 0.1) is 5.69 Å². The third-order valence-electron chi connectivity index (χ3n) is 3.14. The lowest BCUT2D eigenvalue weighted by Gasteiger charge is -2.14. The molecular formula is C15H18F3N5OS2. The number of rotatable bonds is 5. The molecule has 0 saturated heterocycles. The quantitative estimate of drug-likeness (QED) is 0.578. The molecule has 0 aliphatic rings. The Bertz CT molecular complexity index is 786. The topological polar surface area (TPSA) is 79.8 Å². The minimum atomic E-state index is -4.50. The largest absolute Gasteiger partial charge is 0.405 e. The Morgan fingerprint density at radius 1 is 1.27 bits per heavy atom. The van der Waals surface area contributed by atoms with E-state index in [1.807, 2.05) is 31.5 Å². The summed E-state index contributed by atoms with van der Waals surface area (Å²) >= 11 is 2.57. The summed E-state index contributed by atoms with van der Waals surface area (Å²) in [4.78, 5) is 24.7. The maximum absolute atomic E-state index is 12.3. The summed E-state index contributed by atoms with van der Waals surface area (Å²) in [5, 5.41) is 7.49. The molecule has 6 nitrogen and oxygen atoms in total. The molecule has 11 heteroatoms. The average molecular weight is 405 g/mol. The van der Waals surface area contributed by atoms with Crippen LogP contribution in [0.25, 0.3) is 0 Å². The number of hydrogen-bond acceptors (Lipinski definition) is 7. The van der Waals surface area contributed by atoms with Crippen molar-refractivity contribution in [2.75, 3.05) is 18.1 Å². The van der Waals surface area contributed by atoms with Gasteiger partial charge < -0.3 is 10.6 Å². The number of hydrogen-bond donors (Lipinski definition) is 2. The van der Waals surface area contributed by atoms with E-state index < -0.39 is 18.6 Å². The number of alkyl halides is 3. The molecule has 26 heavy (non-hydrogen) atoms. The standard InChI is InChI=1S/C15H18F3N5OS2/c1-14(2,3)9-6-26-13(21-9)23-10-8(5-19-12(22-10)25-4)11(24)20-7-15(16,17)18/h5-6H,7H2,1-4H3,(H,20,24)(H,19,21,22,23). The van der Waals surface area contributed by atoms with E-state index in [1.54, 1.807) is 6.26 Å². The highest BCUT2D eigenvalue weighted by molar-refractivity contribution is 7.98. The fourth-order valence-electron chi connectivity index (χ4n) is 1.78. The van der Waals surface area contributed by atoms with Crippen molar-refractivity contribution in [3.63, 3.8) is 0 Å². The summed E-state index contributed by atoms with van der Waals surface area (Å²) in [7, 11) is 0. The van der Waals surface area contributed by atoms with Crippen LogP contribution in [0.5, 0.6) is 0 Å². The van der Waals surface area contributed by atoms with Crippen LogP contribution in [-0.4, -0.2) is 39.8 Å². The van der Waals surface area contributed by atoms with Crippen LogP contribution in [0.3, 0.4) is 0 Å². The number of halogens is 3. The van der Waals surface area contributed by atoms with Gasteiger partial charge in [-0.3, -0.25) is 4.79 Å². The second-order valence-corrected chi connectivity index (χ2v) is 7.96. The number of thioether (sulfide) groups is 1. The van der Waals surface area contributed by atoms with Crippen LogP contribution in [-0.2, 0) is 5.41 Å². The molecule has 0 bridgehead atoms. The molecule has 0 aliphatic heterocycles. The third kappa shape index (κ3) is 5.56. The van der Waals surface area contributed by atoms with Gasteiger partial charge in [0, 0.05) is 17.0 Å². The summed E-state index contributed by atoms with van der Waals surface area (Å²) in [5.74, 6) is -0.802. The first-order chi connectivity index (χ1) is 12.0. The fourth-order valence-corrected chi connectivity index (χ4v) is 3.05. The fraction of sp³-hybridized carbons (Fsp3) is 0.467. The number of carbonyl (C=O) groups is 1. The minimum Gasteiger partial charge on any atom is -0.343 e. The molecule has 0 unspecified atom stereocenters. The van der Waals surface area contributed by atoms with Gasteiger partial charge in [-0.05, 0) is 6.26 Å². The zero-order valence-electron chi connectivity index (χ0n) is 14.6. The molecule has 2 N–H and O–H groups in total. The van der Waals surface area contributed by atoms with Crippen LogP contribution >= 0.6 is 23.1 Å². The molecule has 2 heterocycles. The number of anilines is 2. The number of nitrogens with zero attached hydrogens (tertiary/aromatic N) is 3. The number of aromatic nitrogens is 3. The van der Waals surface area contributed by atoms with Crippen molar-refractivity contribution in [2.24, 2.45) is 0 Å². The lowest BCUT2D eigenvalue weighted by Crippen LogP contribution is -2.34. The van der Waals surface area contributed by atoms with Crippen LogP contribution in [0, 0.1) is 0 Å². The van der Waals surface area contributed by atoms with Gasteiger partial charge in [-0.2, -0.15) is 13.2 Å². The van der Waals surface area contributed by atoms with E-state index in [0.717, 1.165) is 5.69 Å². The Morgan fingerprint density at radius 2 is 1.96 bits per heavy atom. The van der Waals surface area contributed by atoms with E-state index in [9.17, 15) is 18.0 Å². The Morgan fingerprint density at radius 3 is 2.50 bits per heavy atom. The van der Waals surface area contributed by atoms with Crippen molar-refractivity contribution in [1.29, 1.82) is 0 Å². The molecule has 2 rings (SSSR count). The van der Waals surface area contributed by atoms with Crippen LogP contribution in [0.4, 0.5) is 24.1 Å². The summed E-state index contributed by atoms with van der Waals surface area (Å²) in [6, 6.07) is 0. The van der Waals surface area contributed by atoms with Gasteiger partial charge in [-0.15, -0.1) is 11.3 Å². The van der Waals surface area contributed by atoms with Gasteiger partial charge in [-0.1, -0.05) is 32.5 Å². The summed E-state index contributed by atoms with van der Waals surface area (Å²) in [6.45, 7) is 4.61. The van der Waals surface area contributed by atoms with Crippen molar-refractivity contribution >= 4 is 40.0 Å². The molecule has 0 saturated carbocycles. The Balaban J connectivity index is 2.28. The molecule has 0 atom stereocenters. The van der Waals surface area contributed by atoms with Crippen molar-refractivity contribution in [3.8, 4) is 0 Å². The predicted molar refractivity (Wildman–Crippen MR) is 96.3 cm³/mol. The summed E-state index contributed by atoms with van der Waals surface area (Å²) in [6.07, 6.45) is -1.55. The first-order valence-corrected chi connectivity index (χ1v) is 9.59. The maximum atomic E-state index is 12.3. The molecule has 0 radical (unpaired) electrons. The van der Waals surface area contributed by atoms with E-state index in [4.69, 9.17) is 0 Å². The van der Waals surface area contributed by atoms with Crippen LogP contribution in [0.2, 0.25) is 0 Å². The molecular weight excluding hydrogens is 387 g/mol. The highest BCUT2D eigenvalue weighted by Gasteiger charge is 2.29. The Hall–Kier alpha value is -1.88. The first kappa shape index (κ1) is 20.4. The van der Waals surface area contributed by atoms with Crippen molar-refractivity contribution in [2.45, 2.75) is 37.5 Å². The zero-order chi connectivity index (χ0) is 19.5. The number of thiazole rings is 1. The molecule has 142 valence electrons. The SMILES string of the molecule is CSc1ncc(C(=O)NCC(F)(F)F)c(Nc2nc(C(C)(C)C)cs2)n1. The van der Waals surface area contributed by atoms with Gasteiger partial charge in [0.25, 0.3) is 5.91 Å². The van der Waals surface area contributed by atoms with Gasteiger partial charge >= 0.3 is 6.18 Å². The molecule has 0 fully saturated rings. The number of amides is 1. The second-order valence-electron chi connectivity index (χ2n) is 6.33. The molecule has 0 aliphatic carbocycles. The monoisotopic (exact) mass is 405 g/mol. The normalized spacial score (nSPS) is 12.1. The lowest BCUT2D eigenvalue weighted by atomic mass is 9.93. The number of nitrogens with one attached hydrogen (secondary N) is 2. The van der Waals surface area contributed by atoms with Crippen molar-refractivity contribution in [1.82, 2.24) is 20.3 Å². The average Bonchev–Trinajstić information content (AvgIpc) is 3.00. The zero-order valence-corrected chi connectivity index (χ0v) is 16.2. The van der Waals surface area contributed by atoms with Crippen LogP contribution in [0.1, 0.15) is 36.8 Å². The lowest BCUT2D eigenvalue weighted by molar-refractivity contribution is -0.123. The minimum absolute atomic E-state index is 0.0837. The molecule has 0 aromatic carbocycles. The second kappa shape index (κ2) is 7.78. The van der Waals surface area contributed by atoms with Crippen molar-refractivity contribution in [3.05, 3.63) is 22.8 Å². The highest BCUT2D eigenvalue weighted by atomic mass is 32.2. The molecule has 2 aromatic rings. The van der Waals surface area contributed by atoms with Gasteiger partial charge in [0.2, 0.25) is 0 Å². The summed E-state index contributed by atoms with van der Waals surface area (Å²) < 4.78 is 37.0. The molecule has 0 spiro atoms. The predicted octanol–water partition coefficient (Wildman–Crippen LogP) is 3.99. The molecule has 1 amide bonds. The molecule has 2 aromatic heterocycles. The van der Waals surface area contributed by atoms with Gasteiger partial charge in [-0.25, -0.2) is 15.0 Å². The van der Waals surface area contributed by atoms with E-state index >= 15 is 0 Å². The van der Waals surface area contributed by atoms with Gasteiger partial charge in [0.1, 0.15) is 17.9 Å². The smallest absolute Gasteiger partial charge is 0.343 e. The summed E-state index contributed by atoms with van der Waals surface area (Å²) in [5.41, 5.74) is 0.617. The first-order valence-electron chi connectivity index (χ1n) is 7.48. The van der Waals surface area contributed by atoms with E-state index in [2.05, 4.69) is 20.3 Å². The van der Waals surface area contributed by atoms with Crippen molar-refractivity contribution < 1.29 is 18.0 Å². The number of carbonyl (C=O) groups excluding carboxylic acids is 1. The Kier molecular flexibility index (Phi) is 6.12. The highest BCUT2D eigenvalue weighted by Crippen LogP contribution is 2.29. The third-order valence-corrected chi connectivity index (χ3v) is 4.46. The van der Waals surface area contributed by atoms with Gasteiger partial charge in [0.15, 0.2) is 10.3 Å². The Labute approximate surface area is 157 Å². The van der Waals surface area contributed by atoms with E-state index in [0.29, 0.717) is 10.3 Å². The van der Waals surface area contributed by atoms with Crippen LogP contribution < -0.4 is 10.6 Å². The van der Waals surface area contributed by atoms with E-state index in [-0.39, 0.29) is 16.8 Å².